The lowest BCUT2D eigenvalue weighted by Gasteiger charge is -2.15. The molecule has 0 aliphatic carbocycles. The van der Waals surface area contributed by atoms with Crippen molar-refractivity contribution >= 4 is 29.0 Å². The minimum Gasteiger partial charge on any atom is -0.374 e. The van der Waals surface area contributed by atoms with Gasteiger partial charge in [-0.1, -0.05) is 19.1 Å². The van der Waals surface area contributed by atoms with Gasteiger partial charge < -0.3 is 10.1 Å². The third kappa shape index (κ3) is 4.35. The van der Waals surface area contributed by atoms with Crippen molar-refractivity contribution in [3.63, 3.8) is 0 Å². The van der Waals surface area contributed by atoms with E-state index in [0.717, 1.165) is 21.1 Å². The Balaban J connectivity index is 2.02. The maximum Gasteiger partial charge on any atom is 0.252 e. The topological polar surface area (TPSA) is 38.3 Å². The minimum atomic E-state index is -0.103. The number of carbonyl (C=O) groups is 1. The van der Waals surface area contributed by atoms with Crippen LogP contribution in [0.15, 0.2) is 41.3 Å². The molecule has 0 bridgehead atoms. The zero-order valence-corrected chi connectivity index (χ0v) is 14.7. The van der Waals surface area contributed by atoms with Gasteiger partial charge in [0.1, 0.15) is 6.10 Å². The fraction of sp³-hybridized carbons (Fsp3) is 0.353. The Morgan fingerprint density at radius 3 is 2.73 bits per heavy atom. The van der Waals surface area contributed by atoms with Gasteiger partial charge in [-0.05, 0) is 36.9 Å². The van der Waals surface area contributed by atoms with Gasteiger partial charge in [-0.25, -0.2) is 0 Å². The maximum absolute atomic E-state index is 12.4. The SMILES string of the molecule is CCSc1ccccc1C(=O)NC[C@H](OC)c1ccc(C)s1. The van der Waals surface area contributed by atoms with Crippen molar-refractivity contribution in [1.82, 2.24) is 5.32 Å². The molecule has 0 aliphatic rings. The first-order valence-corrected chi connectivity index (χ1v) is 9.05. The van der Waals surface area contributed by atoms with E-state index >= 15 is 0 Å². The van der Waals surface area contributed by atoms with Crippen LogP contribution in [0.5, 0.6) is 0 Å². The standard InChI is InChI=1S/C17H21NO2S2/c1-4-21-15-8-6-5-7-13(15)17(19)18-11-14(20-3)16-10-9-12(2)22-16/h5-10,14H,4,11H2,1-3H3,(H,18,19)/t14-/m0/s1. The van der Waals surface area contributed by atoms with Crippen LogP contribution in [0.4, 0.5) is 0 Å². The van der Waals surface area contributed by atoms with E-state index in [-0.39, 0.29) is 12.0 Å². The Morgan fingerprint density at radius 2 is 2.09 bits per heavy atom. The number of ether oxygens (including phenoxy) is 1. The first-order chi connectivity index (χ1) is 10.7. The number of benzene rings is 1. The molecule has 0 aliphatic heterocycles. The summed E-state index contributed by atoms with van der Waals surface area (Å²) < 4.78 is 5.50. The maximum atomic E-state index is 12.4. The normalized spacial score (nSPS) is 12.1. The number of amides is 1. The summed E-state index contributed by atoms with van der Waals surface area (Å²) in [6.45, 7) is 4.62. The third-order valence-electron chi connectivity index (χ3n) is 3.24. The molecular weight excluding hydrogens is 314 g/mol. The Kier molecular flexibility index (Phi) is 6.49. The fourth-order valence-corrected chi connectivity index (χ4v) is 3.90. The van der Waals surface area contributed by atoms with Crippen molar-refractivity contribution in [3.05, 3.63) is 51.7 Å². The molecule has 0 fully saturated rings. The van der Waals surface area contributed by atoms with Crippen molar-refractivity contribution in [3.8, 4) is 0 Å². The van der Waals surface area contributed by atoms with Gasteiger partial charge in [-0.3, -0.25) is 4.79 Å². The first kappa shape index (κ1) is 17.1. The Morgan fingerprint density at radius 1 is 1.32 bits per heavy atom. The highest BCUT2D eigenvalue weighted by Crippen LogP contribution is 2.25. The summed E-state index contributed by atoms with van der Waals surface area (Å²) in [5.74, 6) is 0.895. The molecular formula is C17H21NO2S2. The molecule has 5 heteroatoms. The summed E-state index contributed by atoms with van der Waals surface area (Å²) >= 11 is 3.38. The van der Waals surface area contributed by atoms with Gasteiger partial charge in [0.05, 0.1) is 5.56 Å². The van der Waals surface area contributed by atoms with Gasteiger partial charge in [0.25, 0.3) is 5.91 Å². The second-order valence-corrected chi connectivity index (χ2v) is 7.44. The van der Waals surface area contributed by atoms with Crippen LogP contribution in [0, 0.1) is 6.92 Å². The van der Waals surface area contributed by atoms with E-state index in [1.807, 2.05) is 24.3 Å². The molecule has 1 heterocycles. The molecule has 0 spiro atoms. The molecule has 1 aromatic heterocycles. The van der Waals surface area contributed by atoms with Crippen LogP contribution in [-0.4, -0.2) is 25.3 Å². The summed E-state index contributed by atoms with van der Waals surface area (Å²) in [5, 5.41) is 2.99. The van der Waals surface area contributed by atoms with E-state index in [1.165, 1.54) is 4.88 Å². The van der Waals surface area contributed by atoms with E-state index in [9.17, 15) is 4.79 Å². The van der Waals surface area contributed by atoms with Crippen molar-refractivity contribution in [1.29, 1.82) is 0 Å². The van der Waals surface area contributed by atoms with Crippen LogP contribution >= 0.6 is 23.1 Å². The summed E-state index contributed by atoms with van der Waals surface area (Å²) in [6, 6.07) is 11.8. The van der Waals surface area contributed by atoms with E-state index < -0.39 is 0 Å². The zero-order valence-electron chi connectivity index (χ0n) is 13.1. The zero-order chi connectivity index (χ0) is 15.9. The van der Waals surface area contributed by atoms with E-state index in [0.29, 0.717) is 6.54 Å². The molecule has 22 heavy (non-hydrogen) atoms. The lowest BCUT2D eigenvalue weighted by Crippen LogP contribution is -2.29. The number of thioether (sulfide) groups is 1. The highest BCUT2D eigenvalue weighted by molar-refractivity contribution is 7.99. The van der Waals surface area contributed by atoms with Gasteiger partial charge in [0, 0.05) is 28.3 Å². The molecule has 0 saturated heterocycles. The van der Waals surface area contributed by atoms with Crippen LogP contribution < -0.4 is 5.32 Å². The molecule has 2 rings (SSSR count). The van der Waals surface area contributed by atoms with Crippen LogP contribution in [0.1, 0.15) is 33.1 Å². The summed E-state index contributed by atoms with van der Waals surface area (Å²) in [6.07, 6.45) is -0.103. The number of methoxy groups -OCH3 is 1. The highest BCUT2D eigenvalue weighted by atomic mass is 32.2. The lowest BCUT2D eigenvalue weighted by atomic mass is 10.2. The predicted octanol–water partition coefficient (Wildman–Crippen LogP) is 4.29. The number of rotatable bonds is 7. The molecule has 1 N–H and O–H groups in total. The molecule has 0 unspecified atom stereocenters. The first-order valence-electron chi connectivity index (χ1n) is 7.24. The lowest BCUT2D eigenvalue weighted by molar-refractivity contribution is 0.0835. The van der Waals surface area contributed by atoms with Crippen LogP contribution in [-0.2, 0) is 4.74 Å². The quantitative estimate of drug-likeness (QED) is 0.767. The monoisotopic (exact) mass is 335 g/mol. The second kappa shape index (κ2) is 8.36. The molecule has 118 valence electrons. The number of aryl methyl sites for hydroxylation is 1. The van der Waals surface area contributed by atoms with Gasteiger partial charge in [-0.15, -0.1) is 23.1 Å². The van der Waals surface area contributed by atoms with Gasteiger partial charge >= 0.3 is 0 Å². The molecule has 1 amide bonds. The van der Waals surface area contributed by atoms with Crippen molar-refractivity contribution in [2.75, 3.05) is 19.4 Å². The van der Waals surface area contributed by atoms with Gasteiger partial charge in [-0.2, -0.15) is 0 Å². The minimum absolute atomic E-state index is 0.0492. The molecule has 0 radical (unpaired) electrons. The van der Waals surface area contributed by atoms with E-state index in [1.54, 1.807) is 30.2 Å². The van der Waals surface area contributed by atoms with Crippen LogP contribution in [0.25, 0.3) is 0 Å². The fourth-order valence-electron chi connectivity index (χ4n) is 2.14. The summed E-state index contributed by atoms with van der Waals surface area (Å²) in [5.41, 5.74) is 0.728. The predicted molar refractivity (Wildman–Crippen MR) is 94.0 cm³/mol. The average Bonchev–Trinajstić information content (AvgIpc) is 2.95. The molecule has 2 aromatic rings. The third-order valence-corrected chi connectivity index (χ3v) is 5.29. The van der Waals surface area contributed by atoms with E-state index in [2.05, 4.69) is 31.3 Å². The van der Waals surface area contributed by atoms with Crippen molar-refractivity contribution in [2.24, 2.45) is 0 Å². The smallest absolute Gasteiger partial charge is 0.252 e. The van der Waals surface area contributed by atoms with Crippen molar-refractivity contribution < 1.29 is 9.53 Å². The van der Waals surface area contributed by atoms with Gasteiger partial charge in [0.2, 0.25) is 0 Å². The Labute approximate surface area is 140 Å². The summed E-state index contributed by atoms with van der Waals surface area (Å²) in [4.78, 5) is 15.8. The molecule has 1 aromatic carbocycles. The molecule has 0 saturated carbocycles. The number of nitrogens with one attached hydrogen (secondary N) is 1. The van der Waals surface area contributed by atoms with Gasteiger partial charge in [0.15, 0.2) is 0 Å². The Hall–Kier alpha value is -1.30. The van der Waals surface area contributed by atoms with Crippen LogP contribution in [0.3, 0.4) is 0 Å². The molecule has 1 atom stereocenters. The average molecular weight is 335 g/mol. The largest absolute Gasteiger partial charge is 0.374 e. The number of hydrogen-bond donors (Lipinski definition) is 1. The number of thiophene rings is 1. The highest BCUT2D eigenvalue weighted by Gasteiger charge is 2.16. The van der Waals surface area contributed by atoms with E-state index in [4.69, 9.17) is 4.74 Å². The second-order valence-electron chi connectivity index (χ2n) is 4.81. The number of hydrogen-bond acceptors (Lipinski definition) is 4. The molecule has 3 nitrogen and oxygen atoms in total. The number of carbonyl (C=O) groups excluding carboxylic acids is 1. The Bertz CT molecular complexity index is 625. The summed E-state index contributed by atoms with van der Waals surface area (Å²) in [7, 11) is 1.67. The van der Waals surface area contributed by atoms with Crippen LogP contribution in [0.2, 0.25) is 0 Å². The van der Waals surface area contributed by atoms with Crippen molar-refractivity contribution in [2.45, 2.75) is 24.8 Å².